The van der Waals surface area contributed by atoms with Gasteiger partial charge in [-0.1, -0.05) is 242 Å². The quantitative estimate of drug-likeness (QED) is 0.0375. The van der Waals surface area contributed by atoms with Gasteiger partial charge in [-0.15, -0.1) is 0 Å². The van der Waals surface area contributed by atoms with Gasteiger partial charge in [0.2, 0.25) is 0 Å². The SMILES string of the molecule is CC/C=C\C/C=C\C/C=C\C/C=C\CCCCCCCCCCCCCCCCCCCCC(=O)OC(CO)COC(=O)CCCCCCCCC/C=C\CCCCCCCC. The fourth-order valence-corrected chi connectivity index (χ4v) is 7.78. The van der Waals surface area contributed by atoms with E-state index in [1.165, 1.54) is 180 Å². The van der Waals surface area contributed by atoms with E-state index in [2.05, 4.69) is 74.6 Å². The van der Waals surface area contributed by atoms with E-state index in [0.29, 0.717) is 12.8 Å². The van der Waals surface area contributed by atoms with E-state index in [4.69, 9.17) is 9.47 Å². The van der Waals surface area contributed by atoms with Gasteiger partial charge in [0.05, 0.1) is 6.61 Å². The number of carbonyl (C=O) groups excluding carboxylic acids is 2. The number of unbranched alkanes of at least 4 members (excludes halogenated alkanes) is 31. The molecule has 0 aromatic carbocycles. The van der Waals surface area contributed by atoms with Crippen LogP contribution in [0.3, 0.4) is 0 Å². The number of allylic oxidation sites excluding steroid dienone is 10. The predicted molar refractivity (Wildman–Crippen MR) is 270 cm³/mol. The van der Waals surface area contributed by atoms with Crippen molar-refractivity contribution in [2.75, 3.05) is 13.2 Å². The van der Waals surface area contributed by atoms with Gasteiger partial charge in [0.25, 0.3) is 0 Å². The summed E-state index contributed by atoms with van der Waals surface area (Å²) in [5.74, 6) is -0.586. The molecule has 0 aromatic rings. The second kappa shape index (κ2) is 52.9. The Kier molecular flexibility index (Phi) is 50.9. The zero-order valence-electron chi connectivity index (χ0n) is 41.1. The molecule has 0 aliphatic carbocycles. The van der Waals surface area contributed by atoms with E-state index < -0.39 is 6.10 Å². The molecule has 0 amide bonds. The Morgan fingerprint density at radius 1 is 0.387 bits per heavy atom. The molecule has 5 nitrogen and oxygen atoms in total. The molecule has 5 heteroatoms. The Labute approximate surface area is 385 Å². The van der Waals surface area contributed by atoms with Crippen LogP contribution < -0.4 is 0 Å². The lowest BCUT2D eigenvalue weighted by atomic mass is 10.0. The summed E-state index contributed by atoms with van der Waals surface area (Å²) in [5, 5.41) is 9.63. The Morgan fingerprint density at radius 3 is 1.06 bits per heavy atom. The lowest BCUT2D eigenvalue weighted by molar-refractivity contribution is -0.161. The summed E-state index contributed by atoms with van der Waals surface area (Å²) in [6, 6.07) is 0. The topological polar surface area (TPSA) is 72.8 Å². The maximum atomic E-state index is 12.3. The van der Waals surface area contributed by atoms with Crippen molar-refractivity contribution in [2.24, 2.45) is 0 Å². The van der Waals surface area contributed by atoms with Crippen molar-refractivity contribution in [3.63, 3.8) is 0 Å². The largest absolute Gasteiger partial charge is 0.462 e. The van der Waals surface area contributed by atoms with Crippen LogP contribution in [-0.4, -0.2) is 36.4 Å². The molecule has 62 heavy (non-hydrogen) atoms. The van der Waals surface area contributed by atoms with Crippen LogP contribution in [0.25, 0.3) is 0 Å². The maximum Gasteiger partial charge on any atom is 0.306 e. The third-order valence-corrected chi connectivity index (χ3v) is 11.8. The van der Waals surface area contributed by atoms with Crippen molar-refractivity contribution in [3.8, 4) is 0 Å². The van der Waals surface area contributed by atoms with E-state index in [1.807, 2.05) is 0 Å². The van der Waals surface area contributed by atoms with Crippen LogP contribution in [0.1, 0.15) is 271 Å². The molecule has 0 bridgehead atoms. The second-order valence-corrected chi connectivity index (χ2v) is 17.9. The molecule has 0 heterocycles. The summed E-state index contributed by atoms with van der Waals surface area (Å²) in [6.07, 6.45) is 70.4. The molecular weight excluding hydrogens is 765 g/mol. The van der Waals surface area contributed by atoms with Crippen molar-refractivity contribution in [2.45, 2.75) is 277 Å². The maximum absolute atomic E-state index is 12.3. The first-order valence-corrected chi connectivity index (χ1v) is 26.8. The summed E-state index contributed by atoms with van der Waals surface area (Å²) in [6.45, 7) is 4.04. The number of hydrogen-bond donors (Lipinski definition) is 1. The van der Waals surface area contributed by atoms with Gasteiger partial charge in [-0.05, 0) is 77.0 Å². The number of carbonyl (C=O) groups is 2. The third kappa shape index (κ3) is 50.2. The molecule has 360 valence electrons. The number of esters is 2. The molecule has 0 spiro atoms. The average molecular weight is 867 g/mol. The minimum atomic E-state index is -0.773. The lowest BCUT2D eigenvalue weighted by Crippen LogP contribution is -2.28. The molecule has 0 rings (SSSR count). The molecule has 0 saturated carbocycles. The van der Waals surface area contributed by atoms with Crippen LogP contribution in [-0.2, 0) is 19.1 Å². The van der Waals surface area contributed by atoms with Gasteiger partial charge in [-0.3, -0.25) is 9.59 Å². The molecule has 0 aliphatic rings. The third-order valence-electron chi connectivity index (χ3n) is 11.8. The molecule has 0 aliphatic heterocycles. The first-order valence-electron chi connectivity index (χ1n) is 26.8. The van der Waals surface area contributed by atoms with Gasteiger partial charge in [-0.25, -0.2) is 0 Å². The first kappa shape index (κ1) is 59.6. The van der Waals surface area contributed by atoms with Crippen LogP contribution >= 0.6 is 0 Å². The smallest absolute Gasteiger partial charge is 0.306 e. The van der Waals surface area contributed by atoms with Gasteiger partial charge in [0, 0.05) is 12.8 Å². The Balaban J connectivity index is 3.45. The van der Waals surface area contributed by atoms with E-state index >= 15 is 0 Å². The first-order chi connectivity index (χ1) is 30.6. The normalized spacial score (nSPS) is 12.6. The van der Waals surface area contributed by atoms with E-state index in [9.17, 15) is 14.7 Å². The van der Waals surface area contributed by atoms with Crippen molar-refractivity contribution in [1.29, 1.82) is 0 Å². The van der Waals surface area contributed by atoms with E-state index in [0.717, 1.165) is 64.2 Å². The van der Waals surface area contributed by atoms with Crippen molar-refractivity contribution >= 4 is 11.9 Å². The Bertz CT molecular complexity index is 1070. The monoisotopic (exact) mass is 867 g/mol. The van der Waals surface area contributed by atoms with Crippen molar-refractivity contribution in [1.82, 2.24) is 0 Å². The Morgan fingerprint density at radius 2 is 0.694 bits per heavy atom. The molecule has 0 fully saturated rings. The van der Waals surface area contributed by atoms with E-state index in [1.54, 1.807) is 0 Å². The van der Waals surface area contributed by atoms with Crippen LogP contribution in [0.15, 0.2) is 60.8 Å². The second-order valence-electron chi connectivity index (χ2n) is 17.9. The van der Waals surface area contributed by atoms with Gasteiger partial charge < -0.3 is 14.6 Å². The van der Waals surface area contributed by atoms with Crippen LogP contribution in [0.4, 0.5) is 0 Å². The zero-order chi connectivity index (χ0) is 44.9. The highest BCUT2D eigenvalue weighted by molar-refractivity contribution is 5.70. The van der Waals surface area contributed by atoms with Gasteiger partial charge >= 0.3 is 11.9 Å². The number of rotatable bonds is 49. The van der Waals surface area contributed by atoms with Gasteiger partial charge in [0.1, 0.15) is 6.61 Å². The zero-order valence-corrected chi connectivity index (χ0v) is 41.1. The molecule has 1 N–H and O–H groups in total. The number of aliphatic hydroxyl groups is 1. The van der Waals surface area contributed by atoms with E-state index in [-0.39, 0.29) is 25.2 Å². The number of ether oxygens (including phenoxy) is 2. The van der Waals surface area contributed by atoms with Gasteiger partial charge in [0.15, 0.2) is 6.10 Å². The minimum Gasteiger partial charge on any atom is -0.462 e. The summed E-state index contributed by atoms with van der Waals surface area (Å²) in [7, 11) is 0. The molecule has 0 aromatic heterocycles. The Hall–Kier alpha value is -2.40. The number of aliphatic hydroxyl groups excluding tert-OH is 1. The fraction of sp³-hybridized carbons (Fsp3) is 0.789. The lowest BCUT2D eigenvalue weighted by Gasteiger charge is -2.15. The highest BCUT2D eigenvalue weighted by Crippen LogP contribution is 2.16. The molecule has 1 unspecified atom stereocenters. The predicted octanol–water partition coefficient (Wildman–Crippen LogP) is 17.9. The standard InChI is InChI=1S/C57H102O5/c1-3-5-7-9-11-13-15-17-19-21-22-23-24-25-26-27-28-29-30-31-32-33-34-36-38-40-42-44-46-48-50-52-57(60)62-55(53-58)54-61-56(59)51-49-47-45-43-41-39-37-35-20-18-16-14-12-10-8-6-4-2/h5,7,11,13,17-20,22-23,55,58H,3-4,6,8-10,12,14-16,21,24-54H2,1-2H3/b7-5-,13-11-,19-17-,20-18-,23-22-. The summed E-state index contributed by atoms with van der Waals surface area (Å²) < 4.78 is 10.7. The van der Waals surface area contributed by atoms with Crippen molar-refractivity contribution in [3.05, 3.63) is 60.8 Å². The fourth-order valence-electron chi connectivity index (χ4n) is 7.78. The van der Waals surface area contributed by atoms with Crippen LogP contribution in [0.5, 0.6) is 0 Å². The highest BCUT2D eigenvalue weighted by atomic mass is 16.6. The minimum absolute atomic E-state index is 0.0660. The molecule has 1 atom stereocenters. The van der Waals surface area contributed by atoms with Crippen LogP contribution in [0.2, 0.25) is 0 Å². The summed E-state index contributed by atoms with van der Waals surface area (Å²) >= 11 is 0. The molecular formula is C57H102O5. The average Bonchev–Trinajstić information content (AvgIpc) is 3.28. The summed E-state index contributed by atoms with van der Waals surface area (Å²) in [5.41, 5.74) is 0. The molecule has 0 radical (unpaired) electrons. The highest BCUT2D eigenvalue weighted by Gasteiger charge is 2.16. The number of hydrogen-bond acceptors (Lipinski definition) is 5. The van der Waals surface area contributed by atoms with Crippen LogP contribution in [0, 0.1) is 0 Å². The summed E-state index contributed by atoms with van der Waals surface area (Å²) in [4.78, 5) is 24.5. The molecule has 0 saturated heterocycles. The van der Waals surface area contributed by atoms with Crippen molar-refractivity contribution < 1.29 is 24.2 Å². The van der Waals surface area contributed by atoms with Gasteiger partial charge in [-0.2, -0.15) is 0 Å².